The predicted octanol–water partition coefficient (Wildman–Crippen LogP) is 3.58. The molecule has 1 atom stereocenters. The van der Waals surface area contributed by atoms with E-state index in [1.807, 2.05) is 0 Å². The van der Waals surface area contributed by atoms with Crippen molar-refractivity contribution in [2.75, 3.05) is 11.9 Å². The van der Waals surface area contributed by atoms with E-state index in [1.165, 1.54) is 6.33 Å². The van der Waals surface area contributed by atoms with E-state index in [-0.39, 0.29) is 6.61 Å². The molecule has 0 aliphatic heterocycles. The number of nitrogens with zero attached hydrogens (tertiary/aromatic N) is 4. The Bertz CT molecular complexity index is 849. The van der Waals surface area contributed by atoms with Gasteiger partial charge in [-0.3, -0.25) is 0 Å². The van der Waals surface area contributed by atoms with E-state index in [9.17, 15) is 5.11 Å². The molecule has 3 rings (SSSR count). The zero-order valence-corrected chi connectivity index (χ0v) is 15.1. The van der Waals surface area contributed by atoms with Crippen LogP contribution < -0.4 is 5.32 Å². The minimum atomic E-state index is -0.513. The minimum absolute atomic E-state index is 0.202. The van der Waals surface area contributed by atoms with Gasteiger partial charge in [-0.2, -0.15) is 5.10 Å². The van der Waals surface area contributed by atoms with Crippen LogP contribution in [0.1, 0.15) is 11.6 Å². The lowest BCUT2D eigenvalue weighted by molar-refractivity contribution is 0.276. The fraction of sp³-hybridized carbons (Fsp3) is 0.214. The van der Waals surface area contributed by atoms with Crippen molar-refractivity contribution in [2.24, 2.45) is 7.05 Å². The number of aliphatic hydroxyl groups is 1. The first-order valence-corrected chi connectivity index (χ1v) is 8.22. The van der Waals surface area contributed by atoms with Crippen LogP contribution in [0.3, 0.4) is 0 Å². The molecule has 0 saturated carbocycles. The molecule has 2 aromatic heterocycles. The number of anilines is 1. The van der Waals surface area contributed by atoms with Gasteiger partial charge in [0.25, 0.3) is 0 Å². The molecule has 0 amide bonds. The fourth-order valence-electron chi connectivity index (χ4n) is 2.37. The van der Waals surface area contributed by atoms with Crippen LogP contribution in [0.4, 0.5) is 5.82 Å². The van der Waals surface area contributed by atoms with Gasteiger partial charge < -0.3 is 10.4 Å². The second kappa shape index (κ2) is 6.60. The summed E-state index contributed by atoms with van der Waals surface area (Å²) in [4.78, 5) is 8.46. The Morgan fingerprint density at radius 3 is 2.65 bits per heavy atom. The molecule has 9 heteroatoms. The quantitative estimate of drug-likeness (QED) is 0.679. The average Bonchev–Trinajstić information content (AvgIpc) is 2.81. The van der Waals surface area contributed by atoms with E-state index in [0.29, 0.717) is 31.7 Å². The van der Waals surface area contributed by atoms with Gasteiger partial charge in [-0.05, 0) is 28.1 Å². The molecule has 0 bridgehead atoms. The largest absolute Gasteiger partial charge is 0.394 e. The molecule has 120 valence electrons. The molecule has 0 spiro atoms. The maximum absolute atomic E-state index is 9.78. The van der Waals surface area contributed by atoms with Gasteiger partial charge in [0.1, 0.15) is 16.7 Å². The van der Waals surface area contributed by atoms with Crippen molar-refractivity contribution in [3.8, 4) is 0 Å². The Balaban J connectivity index is 2.07. The third-order valence-corrected chi connectivity index (χ3v) is 4.63. The Labute approximate surface area is 150 Å². The lowest BCUT2D eigenvalue weighted by atomic mass is 10.1. The van der Waals surface area contributed by atoms with Gasteiger partial charge in [-0.15, -0.1) is 0 Å². The molecule has 0 saturated heterocycles. The van der Waals surface area contributed by atoms with Crippen molar-refractivity contribution >= 4 is 56.0 Å². The monoisotopic (exact) mass is 415 g/mol. The standard InChI is InChI=1S/C14H12BrCl2N5O/c1-22-14-11(12(15)21-22)13(18-6-19-14)20-9(5-23)10-7(16)3-2-4-8(10)17/h2-4,6,9,23H,5H2,1H3,(H,18,19,20). The maximum atomic E-state index is 9.78. The maximum Gasteiger partial charge on any atom is 0.164 e. The summed E-state index contributed by atoms with van der Waals surface area (Å²) < 4.78 is 2.25. The molecule has 2 heterocycles. The highest BCUT2D eigenvalue weighted by atomic mass is 79.9. The summed E-state index contributed by atoms with van der Waals surface area (Å²) in [6.45, 7) is -0.202. The van der Waals surface area contributed by atoms with Crippen LogP contribution in [0.25, 0.3) is 11.0 Å². The molecule has 3 aromatic rings. The summed E-state index contributed by atoms with van der Waals surface area (Å²) >= 11 is 15.9. The molecule has 1 aromatic carbocycles. The number of halogens is 3. The predicted molar refractivity (Wildman–Crippen MR) is 93.9 cm³/mol. The molecule has 0 aliphatic carbocycles. The number of hydrogen-bond acceptors (Lipinski definition) is 5. The van der Waals surface area contributed by atoms with Gasteiger partial charge >= 0.3 is 0 Å². The topological polar surface area (TPSA) is 75.9 Å². The number of aliphatic hydroxyl groups excluding tert-OH is 1. The van der Waals surface area contributed by atoms with Crippen molar-refractivity contribution in [1.29, 1.82) is 0 Å². The van der Waals surface area contributed by atoms with Crippen LogP contribution in [0, 0.1) is 0 Å². The Hall–Kier alpha value is -1.41. The van der Waals surface area contributed by atoms with Gasteiger partial charge in [-0.25, -0.2) is 14.6 Å². The van der Waals surface area contributed by atoms with Gasteiger partial charge in [0.2, 0.25) is 0 Å². The molecule has 1 unspecified atom stereocenters. The van der Waals surface area contributed by atoms with Crippen LogP contribution >= 0.6 is 39.1 Å². The highest BCUT2D eigenvalue weighted by Crippen LogP contribution is 2.34. The minimum Gasteiger partial charge on any atom is -0.394 e. The van der Waals surface area contributed by atoms with Crippen LogP contribution in [0.15, 0.2) is 29.1 Å². The van der Waals surface area contributed by atoms with E-state index in [0.717, 1.165) is 5.39 Å². The zero-order chi connectivity index (χ0) is 16.6. The number of aryl methyl sites for hydroxylation is 1. The number of fused-ring (bicyclic) bond motifs is 1. The smallest absolute Gasteiger partial charge is 0.164 e. The summed E-state index contributed by atoms with van der Waals surface area (Å²) in [6.07, 6.45) is 1.43. The van der Waals surface area contributed by atoms with E-state index in [1.54, 1.807) is 29.9 Å². The van der Waals surface area contributed by atoms with Gasteiger partial charge in [0, 0.05) is 22.7 Å². The van der Waals surface area contributed by atoms with Gasteiger partial charge in [0.15, 0.2) is 5.65 Å². The van der Waals surface area contributed by atoms with Crippen LogP contribution in [0.5, 0.6) is 0 Å². The fourth-order valence-corrected chi connectivity index (χ4v) is 3.63. The second-order valence-corrected chi connectivity index (χ2v) is 6.42. The number of benzene rings is 1. The van der Waals surface area contributed by atoms with Crippen molar-refractivity contribution in [1.82, 2.24) is 19.7 Å². The Kier molecular flexibility index (Phi) is 4.72. The van der Waals surface area contributed by atoms with Crippen molar-refractivity contribution < 1.29 is 5.11 Å². The SMILES string of the molecule is Cn1nc(Br)c2c(NC(CO)c3c(Cl)cccc3Cl)ncnc21. The van der Waals surface area contributed by atoms with Crippen molar-refractivity contribution in [2.45, 2.75) is 6.04 Å². The van der Waals surface area contributed by atoms with Crippen molar-refractivity contribution in [3.63, 3.8) is 0 Å². The third-order valence-electron chi connectivity index (χ3n) is 3.42. The number of hydrogen-bond donors (Lipinski definition) is 2. The van der Waals surface area contributed by atoms with Crippen LogP contribution in [0.2, 0.25) is 10.0 Å². The molecular weight excluding hydrogens is 405 g/mol. The molecule has 0 radical (unpaired) electrons. The lowest BCUT2D eigenvalue weighted by Gasteiger charge is -2.20. The van der Waals surface area contributed by atoms with Crippen molar-refractivity contribution in [3.05, 3.63) is 44.7 Å². The second-order valence-electron chi connectivity index (χ2n) is 4.85. The van der Waals surface area contributed by atoms with E-state index < -0.39 is 6.04 Å². The summed E-state index contributed by atoms with van der Waals surface area (Å²) in [7, 11) is 1.79. The third kappa shape index (κ3) is 3.01. The summed E-state index contributed by atoms with van der Waals surface area (Å²) in [6, 6.07) is 4.69. The number of nitrogens with one attached hydrogen (secondary N) is 1. The highest BCUT2D eigenvalue weighted by Gasteiger charge is 2.21. The average molecular weight is 417 g/mol. The van der Waals surface area contributed by atoms with Gasteiger partial charge in [0.05, 0.1) is 18.0 Å². The summed E-state index contributed by atoms with van der Waals surface area (Å²) in [5.41, 5.74) is 1.28. The first kappa shape index (κ1) is 16.4. The Morgan fingerprint density at radius 1 is 1.30 bits per heavy atom. The summed E-state index contributed by atoms with van der Waals surface area (Å²) in [5, 5.41) is 18.9. The van der Waals surface area contributed by atoms with E-state index in [2.05, 4.69) is 36.3 Å². The Morgan fingerprint density at radius 2 is 2.00 bits per heavy atom. The molecule has 6 nitrogen and oxygen atoms in total. The number of rotatable bonds is 4. The molecule has 0 fully saturated rings. The molecule has 0 aliphatic rings. The first-order valence-electron chi connectivity index (χ1n) is 6.67. The molecular formula is C14H12BrCl2N5O. The van der Waals surface area contributed by atoms with Crippen LogP contribution in [-0.2, 0) is 7.05 Å². The first-order chi connectivity index (χ1) is 11.0. The highest BCUT2D eigenvalue weighted by molar-refractivity contribution is 9.10. The van der Waals surface area contributed by atoms with E-state index in [4.69, 9.17) is 23.2 Å². The van der Waals surface area contributed by atoms with Crippen LogP contribution in [-0.4, -0.2) is 31.5 Å². The molecule has 2 N–H and O–H groups in total. The molecule has 23 heavy (non-hydrogen) atoms. The lowest BCUT2D eigenvalue weighted by Crippen LogP contribution is -2.17. The normalized spacial score (nSPS) is 12.6. The zero-order valence-electron chi connectivity index (χ0n) is 12.0. The van der Waals surface area contributed by atoms with E-state index >= 15 is 0 Å². The summed E-state index contributed by atoms with van der Waals surface area (Å²) in [5.74, 6) is 0.532. The van der Waals surface area contributed by atoms with Gasteiger partial charge in [-0.1, -0.05) is 29.3 Å². The number of aromatic nitrogens is 4.